The fraction of sp³-hybridized carbons (Fsp3) is 0.800. The number of alkyl carbamates (subject to hydrolysis) is 1. The molecule has 94 valence electrons. The van der Waals surface area contributed by atoms with Crippen molar-refractivity contribution < 1.29 is 19.1 Å². The minimum absolute atomic E-state index is 0.273. The van der Waals surface area contributed by atoms with Crippen molar-refractivity contribution in [3.8, 4) is 0 Å². The zero-order valence-corrected chi connectivity index (χ0v) is 10.2. The lowest BCUT2D eigenvalue weighted by atomic mass is 10.2. The van der Waals surface area contributed by atoms with Gasteiger partial charge >= 0.3 is 12.1 Å². The summed E-state index contributed by atoms with van der Waals surface area (Å²) in [5.74, 6) is -0.531. The molecular formula is C10H20N2O4. The van der Waals surface area contributed by atoms with Gasteiger partial charge in [-0.1, -0.05) is 0 Å². The zero-order chi connectivity index (χ0) is 12.8. The number of amides is 1. The monoisotopic (exact) mass is 232 g/mol. The molecule has 16 heavy (non-hydrogen) atoms. The van der Waals surface area contributed by atoms with Gasteiger partial charge in [0.05, 0.1) is 7.11 Å². The van der Waals surface area contributed by atoms with Gasteiger partial charge in [0.1, 0.15) is 11.6 Å². The van der Waals surface area contributed by atoms with E-state index in [1.54, 1.807) is 20.8 Å². The van der Waals surface area contributed by atoms with Gasteiger partial charge in [-0.2, -0.15) is 0 Å². The number of ether oxygens (including phenoxy) is 2. The first-order valence-corrected chi connectivity index (χ1v) is 5.07. The van der Waals surface area contributed by atoms with E-state index in [9.17, 15) is 9.59 Å². The van der Waals surface area contributed by atoms with E-state index in [4.69, 9.17) is 10.5 Å². The Morgan fingerprint density at radius 2 is 1.94 bits per heavy atom. The van der Waals surface area contributed by atoms with Gasteiger partial charge in [-0.25, -0.2) is 9.59 Å². The van der Waals surface area contributed by atoms with Gasteiger partial charge < -0.3 is 20.5 Å². The molecule has 0 saturated carbocycles. The second-order valence-corrected chi connectivity index (χ2v) is 4.30. The highest BCUT2D eigenvalue weighted by molar-refractivity contribution is 5.81. The molecule has 0 spiro atoms. The van der Waals surface area contributed by atoms with Crippen LogP contribution >= 0.6 is 0 Å². The molecule has 6 nitrogen and oxygen atoms in total. The fourth-order valence-corrected chi connectivity index (χ4v) is 1.01. The van der Waals surface area contributed by atoms with E-state index < -0.39 is 23.7 Å². The number of esters is 1. The molecule has 0 aliphatic carbocycles. The molecule has 0 heterocycles. The molecule has 1 amide bonds. The predicted octanol–water partition coefficient (Wildman–Crippen LogP) is 0.401. The van der Waals surface area contributed by atoms with Crippen molar-refractivity contribution in [3.63, 3.8) is 0 Å². The average molecular weight is 232 g/mol. The Kier molecular flexibility index (Phi) is 5.81. The van der Waals surface area contributed by atoms with Crippen LogP contribution in [0, 0.1) is 0 Å². The highest BCUT2D eigenvalue weighted by atomic mass is 16.6. The molecule has 3 N–H and O–H groups in total. The van der Waals surface area contributed by atoms with Gasteiger partial charge in [0.15, 0.2) is 0 Å². The Hall–Kier alpha value is -1.30. The molecule has 0 aromatic carbocycles. The normalized spacial score (nSPS) is 12.8. The smallest absolute Gasteiger partial charge is 0.408 e. The van der Waals surface area contributed by atoms with Crippen LogP contribution in [0.4, 0.5) is 4.79 Å². The third kappa shape index (κ3) is 6.23. The summed E-state index contributed by atoms with van der Waals surface area (Å²) in [5, 5.41) is 2.41. The highest BCUT2D eigenvalue weighted by Gasteiger charge is 2.24. The topological polar surface area (TPSA) is 90.6 Å². The van der Waals surface area contributed by atoms with Gasteiger partial charge in [-0.3, -0.25) is 0 Å². The van der Waals surface area contributed by atoms with Crippen molar-refractivity contribution in [3.05, 3.63) is 0 Å². The number of nitrogens with one attached hydrogen (secondary N) is 1. The van der Waals surface area contributed by atoms with Crippen LogP contribution in [0.2, 0.25) is 0 Å². The van der Waals surface area contributed by atoms with Crippen molar-refractivity contribution >= 4 is 12.1 Å². The van der Waals surface area contributed by atoms with Gasteiger partial charge in [-0.05, 0) is 33.7 Å². The summed E-state index contributed by atoms with van der Waals surface area (Å²) < 4.78 is 9.54. The van der Waals surface area contributed by atoms with Crippen LogP contribution < -0.4 is 11.1 Å². The maximum Gasteiger partial charge on any atom is 0.408 e. The van der Waals surface area contributed by atoms with Crippen LogP contribution in [-0.2, 0) is 14.3 Å². The standard InChI is InChI=1S/C10H20N2O4/c1-10(2,3)16-9(14)12-7(5-6-11)8(13)15-4/h7H,5-6,11H2,1-4H3,(H,12,14)/t7-/m1/s1. The summed E-state index contributed by atoms with van der Waals surface area (Å²) in [6.07, 6.45) is -0.345. The minimum atomic E-state index is -0.759. The third-order valence-electron chi connectivity index (χ3n) is 1.63. The van der Waals surface area contributed by atoms with E-state index in [1.165, 1.54) is 7.11 Å². The maximum absolute atomic E-state index is 11.4. The van der Waals surface area contributed by atoms with Crippen LogP contribution in [0.1, 0.15) is 27.2 Å². The number of hydrogen-bond acceptors (Lipinski definition) is 5. The van der Waals surface area contributed by atoms with Gasteiger partial charge in [0.25, 0.3) is 0 Å². The van der Waals surface area contributed by atoms with Crippen molar-refractivity contribution in [2.45, 2.75) is 38.8 Å². The number of methoxy groups -OCH3 is 1. The van der Waals surface area contributed by atoms with Crippen LogP contribution in [0.15, 0.2) is 0 Å². The largest absolute Gasteiger partial charge is 0.467 e. The summed E-state index contributed by atoms with van der Waals surface area (Å²) in [7, 11) is 1.25. The minimum Gasteiger partial charge on any atom is -0.467 e. The lowest BCUT2D eigenvalue weighted by Gasteiger charge is -2.22. The second kappa shape index (κ2) is 6.32. The van der Waals surface area contributed by atoms with Crippen molar-refractivity contribution in [1.29, 1.82) is 0 Å². The molecule has 1 atom stereocenters. The summed E-state index contributed by atoms with van der Waals surface area (Å²) in [5.41, 5.74) is 4.72. The molecule has 0 rings (SSSR count). The molecule has 0 fully saturated rings. The van der Waals surface area contributed by atoms with E-state index in [1.807, 2.05) is 0 Å². The number of carbonyl (C=O) groups excluding carboxylic acids is 2. The molecule has 0 aromatic rings. The molecule has 0 saturated heterocycles. The number of carbonyl (C=O) groups is 2. The molecule has 6 heteroatoms. The Bertz CT molecular complexity index is 248. The second-order valence-electron chi connectivity index (χ2n) is 4.30. The molecule has 0 bridgehead atoms. The van der Waals surface area contributed by atoms with Crippen LogP contribution in [0.5, 0.6) is 0 Å². The molecule has 0 aromatic heterocycles. The summed E-state index contributed by atoms with van der Waals surface area (Å²) in [4.78, 5) is 22.6. The Morgan fingerprint density at radius 3 is 2.31 bits per heavy atom. The van der Waals surface area contributed by atoms with Crippen molar-refractivity contribution in [1.82, 2.24) is 5.32 Å². The third-order valence-corrected chi connectivity index (χ3v) is 1.63. The van der Waals surface area contributed by atoms with Crippen LogP contribution in [0.25, 0.3) is 0 Å². The van der Waals surface area contributed by atoms with Crippen LogP contribution in [0.3, 0.4) is 0 Å². The fourth-order valence-electron chi connectivity index (χ4n) is 1.01. The predicted molar refractivity (Wildman–Crippen MR) is 58.8 cm³/mol. The lowest BCUT2D eigenvalue weighted by Crippen LogP contribution is -2.44. The molecule has 0 radical (unpaired) electrons. The maximum atomic E-state index is 11.4. The molecule has 0 aliphatic heterocycles. The molecule has 0 aliphatic rings. The zero-order valence-electron chi connectivity index (χ0n) is 10.2. The lowest BCUT2D eigenvalue weighted by molar-refractivity contribution is -0.143. The van der Waals surface area contributed by atoms with E-state index in [0.717, 1.165) is 0 Å². The van der Waals surface area contributed by atoms with Crippen molar-refractivity contribution in [2.75, 3.05) is 13.7 Å². The Balaban J connectivity index is 4.29. The van der Waals surface area contributed by atoms with Gasteiger partial charge in [0.2, 0.25) is 0 Å². The van der Waals surface area contributed by atoms with E-state index in [-0.39, 0.29) is 6.54 Å². The number of hydrogen-bond donors (Lipinski definition) is 2. The summed E-state index contributed by atoms with van der Waals surface area (Å²) in [6, 6.07) is -0.759. The first kappa shape index (κ1) is 14.7. The quantitative estimate of drug-likeness (QED) is 0.685. The molecular weight excluding hydrogens is 212 g/mol. The van der Waals surface area contributed by atoms with E-state index in [2.05, 4.69) is 10.1 Å². The summed E-state index contributed by atoms with van der Waals surface area (Å²) >= 11 is 0. The summed E-state index contributed by atoms with van der Waals surface area (Å²) in [6.45, 7) is 5.49. The number of nitrogens with two attached hydrogens (primary N) is 1. The van der Waals surface area contributed by atoms with Gasteiger partial charge in [-0.15, -0.1) is 0 Å². The SMILES string of the molecule is COC(=O)[C@@H](CCN)NC(=O)OC(C)(C)C. The van der Waals surface area contributed by atoms with Gasteiger partial charge in [0, 0.05) is 0 Å². The van der Waals surface area contributed by atoms with E-state index >= 15 is 0 Å². The molecule has 0 unspecified atom stereocenters. The Morgan fingerprint density at radius 1 is 1.38 bits per heavy atom. The first-order valence-electron chi connectivity index (χ1n) is 5.07. The van der Waals surface area contributed by atoms with Crippen LogP contribution in [-0.4, -0.2) is 37.4 Å². The highest BCUT2D eigenvalue weighted by Crippen LogP contribution is 2.07. The van der Waals surface area contributed by atoms with Crippen molar-refractivity contribution in [2.24, 2.45) is 5.73 Å². The average Bonchev–Trinajstić information content (AvgIpc) is 2.13. The number of rotatable bonds is 4. The van der Waals surface area contributed by atoms with E-state index in [0.29, 0.717) is 6.42 Å². The first-order chi connectivity index (χ1) is 7.30. The Labute approximate surface area is 95.5 Å².